The summed E-state index contributed by atoms with van der Waals surface area (Å²) < 4.78 is 31.7. The third-order valence-corrected chi connectivity index (χ3v) is 4.45. The van der Waals surface area contributed by atoms with Gasteiger partial charge in [0.2, 0.25) is 0 Å². The predicted octanol–water partition coefficient (Wildman–Crippen LogP) is 2.37. The van der Waals surface area contributed by atoms with Gasteiger partial charge in [0.1, 0.15) is 5.75 Å². The standard InChI is InChI=1S/C14H13NO3S/c1-18-13-5-4-10-8-12(3-2-11(10)9-13)14-6-7-19(16,17)15-14/h2-5,8-9H,6-7H2,1H3. The lowest BCUT2D eigenvalue weighted by molar-refractivity contribution is 0.415. The second-order valence-electron chi connectivity index (χ2n) is 4.50. The zero-order valence-corrected chi connectivity index (χ0v) is 11.3. The van der Waals surface area contributed by atoms with Crippen LogP contribution in [0.15, 0.2) is 40.8 Å². The van der Waals surface area contributed by atoms with Gasteiger partial charge in [0.15, 0.2) is 0 Å². The number of fused-ring (bicyclic) bond motifs is 1. The van der Waals surface area contributed by atoms with Gasteiger partial charge >= 0.3 is 0 Å². The van der Waals surface area contributed by atoms with Gasteiger partial charge in [0, 0.05) is 6.42 Å². The molecule has 3 rings (SSSR count). The van der Waals surface area contributed by atoms with Gasteiger partial charge in [0.05, 0.1) is 18.6 Å². The minimum Gasteiger partial charge on any atom is -0.497 e. The molecule has 1 aliphatic heterocycles. The van der Waals surface area contributed by atoms with Gasteiger partial charge in [-0.3, -0.25) is 0 Å². The van der Waals surface area contributed by atoms with E-state index in [9.17, 15) is 8.42 Å². The van der Waals surface area contributed by atoms with Crippen LogP contribution in [0.1, 0.15) is 12.0 Å². The van der Waals surface area contributed by atoms with Gasteiger partial charge in [0.25, 0.3) is 10.0 Å². The first kappa shape index (κ1) is 12.2. The molecule has 5 heteroatoms. The molecule has 0 spiro atoms. The number of benzene rings is 2. The van der Waals surface area contributed by atoms with Crippen molar-refractivity contribution in [1.29, 1.82) is 0 Å². The third-order valence-electron chi connectivity index (χ3n) is 3.23. The maximum atomic E-state index is 11.4. The summed E-state index contributed by atoms with van der Waals surface area (Å²) in [7, 11) is -1.61. The summed E-state index contributed by atoms with van der Waals surface area (Å²) in [5, 5.41) is 2.11. The average molecular weight is 275 g/mol. The average Bonchev–Trinajstić information content (AvgIpc) is 2.78. The van der Waals surface area contributed by atoms with Crippen LogP contribution in [0.3, 0.4) is 0 Å². The number of rotatable bonds is 2. The second-order valence-corrected chi connectivity index (χ2v) is 6.26. The molecular weight excluding hydrogens is 262 g/mol. The fourth-order valence-corrected chi connectivity index (χ4v) is 3.29. The first-order valence-corrected chi connectivity index (χ1v) is 7.58. The van der Waals surface area contributed by atoms with Crippen molar-refractivity contribution in [2.45, 2.75) is 6.42 Å². The van der Waals surface area contributed by atoms with E-state index in [0.29, 0.717) is 12.1 Å². The number of hydrogen-bond donors (Lipinski definition) is 0. The molecule has 0 aliphatic carbocycles. The van der Waals surface area contributed by atoms with E-state index >= 15 is 0 Å². The Kier molecular flexibility index (Phi) is 2.78. The van der Waals surface area contributed by atoms with Crippen LogP contribution in [0.5, 0.6) is 5.75 Å². The minimum absolute atomic E-state index is 0.114. The molecule has 0 N–H and O–H groups in total. The predicted molar refractivity (Wildman–Crippen MR) is 75.4 cm³/mol. The van der Waals surface area contributed by atoms with Gasteiger partial charge < -0.3 is 4.74 Å². The lowest BCUT2D eigenvalue weighted by atomic mass is 10.0. The molecule has 1 aliphatic rings. The Morgan fingerprint density at radius 2 is 1.84 bits per heavy atom. The zero-order chi connectivity index (χ0) is 13.5. The third kappa shape index (κ3) is 2.33. The summed E-state index contributed by atoms with van der Waals surface area (Å²) in [6.45, 7) is 0. The van der Waals surface area contributed by atoms with Crippen LogP contribution in [-0.4, -0.2) is 27.0 Å². The van der Waals surface area contributed by atoms with Crippen LogP contribution in [-0.2, 0) is 10.0 Å². The Bertz CT molecular complexity index is 778. The number of methoxy groups -OCH3 is 1. The molecule has 0 fully saturated rings. The van der Waals surface area contributed by atoms with Gasteiger partial charge in [-0.2, -0.15) is 4.40 Å². The molecule has 98 valence electrons. The van der Waals surface area contributed by atoms with Crippen LogP contribution in [0.2, 0.25) is 0 Å². The first-order chi connectivity index (χ1) is 9.07. The summed E-state index contributed by atoms with van der Waals surface area (Å²) in [4.78, 5) is 0. The van der Waals surface area contributed by atoms with Crippen molar-refractivity contribution >= 4 is 26.5 Å². The Hall–Kier alpha value is -1.88. The maximum absolute atomic E-state index is 11.4. The smallest absolute Gasteiger partial charge is 0.253 e. The van der Waals surface area contributed by atoms with Crippen molar-refractivity contribution in [2.75, 3.05) is 12.9 Å². The lowest BCUT2D eigenvalue weighted by Gasteiger charge is -2.05. The summed E-state index contributed by atoms with van der Waals surface area (Å²) in [5.41, 5.74) is 1.52. The molecule has 19 heavy (non-hydrogen) atoms. The fourth-order valence-electron chi connectivity index (χ4n) is 2.21. The summed E-state index contributed by atoms with van der Waals surface area (Å²) in [6.07, 6.45) is 0.490. The van der Waals surface area contributed by atoms with Crippen molar-refractivity contribution in [3.05, 3.63) is 42.0 Å². The van der Waals surface area contributed by atoms with Crippen molar-refractivity contribution < 1.29 is 13.2 Å². The Balaban J connectivity index is 2.08. The number of sulfonamides is 1. The summed E-state index contributed by atoms with van der Waals surface area (Å²) >= 11 is 0. The van der Waals surface area contributed by atoms with Gasteiger partial charge in [-0.1, -0.05) is 18.2 Å². The van der Waals surface area contributed by atoms with Crippen LogP contribution in [0.4, 0.5) is 0 Å². The Morgan fingerprint density at radius 3 is 2.53 bits per heavy atom. The minimum atomic E-state index is -3.24. The molecule has 1 heterocycles. The molecule has 2 aromatic carbocycles. The van der Waals surface area contributed by atoms with Crippen LogP contribution in [0.25, 0.3) is 10.8 Å². The maximum Gasteiger partial charge on any atom is 0.253 e. The van der Waals surface area contributed by atoms with E-state index in [1.165, 1.54) is 0 Å². The molecule has 0 saturated carbocycles. The fraction of sp³-hybridized carbons (Fsp3) is 0.214. The van der Waals surface area contributed by atoms with E-state index in [2.05, 4.69) is 4.40 Å². The van der Waals surface area contributed by atoms with E-state index in [1.807, 2.05) is 36.4 Å². The van der Waals surface area contributed by atoms with Crippen molar-refractivity contribution in [3.8, 4) is 5.75 Å². The van der Waals surface area contributed by atoms with Crippen LogP contribution >= 0.6 is 0 Å². The van der Waals surface area contributed by atoms with E-state index in [1.54, 1.807) is 7.11 Å². The van der Waals surface area contributed by atoms with E-state index in [-0.39, 0.29) is 5.75 Å². The highest BCUT2D eigenvalue weighted by molar-refractivity contribution is 7.90. The van der Waals surface area contributed by atoms with E-state index < -0.39 is 10.0 Å². The Labute approximate surface area is 111 Å². The highest BCUT2D eigenvalue weighted by Gasteiger charge is 2.21. The first-order valence-electron chi connectivity index (χ1n) is 5.97. The lowest BCUT2D eigenvalue weighted by Crippen LogP contribution is -1.97. The molecule has 0 saturated heterocycles. The molecule has 4 nitrogen and oxygen atoms in total. The number of ether oxygens (including phenoxy) is 1. The number of hydrogen-bond acceptors (Lipinski definition) is 3. The van der Waals surface area contributed by atoms with E-state index in [0.717, 1.165) is 22.1 Å². The normalized spacial score (nSPS) is 17.4. The molecular formula is C14H13NO3S. The van der Waals surface area contributed by atoms with Crippen molar-refractivity contribution in [1.82, 2.24) is 0 Å². The van der Waals surface area contributed by atoms with Crippen LogP contribution < -0.4 is 4.74 Å². The molecule has 0 radical (unpaired) electrons. The quantitative estimate of drug-likeness (QED) is 0.845. The van der Waals surface area contributed by atoms with Crippen LogP contribution in [0, 0.1) is 0 Å². The summed E-state index contributed by atoms with van der Waals surface area (Å²) in [6, 6.07) is 11.6. The second kappa shape index (κ2) is 4.35. The molecule has 0 amide bonds. The van der Waals surface area contributed by atoms with Gasteiger partial charge in [-0.05, 0) is 34.5 Å². The highest BCUT2D eigenvalue weighted by Crippen LogP contribution is 2.24. The largest absolute Gasteiger partial charge is 0.497 e. The summed E-state index contributed by atoms with van der Waals surface area (Å²) in [5.74, 6) is 0.921. The van der Waals surface area contributed by atoms with Gasteiger partial charge in [-0.25, -0.2) is 8.42 Å². The number of nitrogens with zero attached hydrogens (tertiary/aromatic N) is 1. The Morgan fingerprint density at radius 1 is 1.11 bits per heavy atom. The van der Waals surface area contributed by atoms with Crippen molar-refractivity contribution in [2.24, 2.45) is 4.40 Å². The molecule has 0 unspecified atom stereocenters. The zero-order valence-electron chi connectivity index (χ0n) is 10.5. The molecule has 0 atom stereocenters. The van der Waals surface area contributed by atoms with Crippen molar-refractivity contribution in [3.63, 3.8) is 0 Å². The molecule has 0 bridgehead atoms. The monoisotopic (exact) mass is 275 g/mol. The molecule has 0 aromatic heterocycles. The highest BCUT2D eigenvalue weighted by atomic mass is 32.2. The SMILES string of the molecule is COc1ccc2cc(C3=NS(=O)(=O)CC3)ccc2c1. The van der Waals surface area contributed by atoms with Gasteiger partial charge in [-0.15, -0.1) is 0 Å². The van der Waals surface area contributed by atoms with E-state index in [4.69, 9.17) is 4.74 Å². The molecule has 2 aromatic rings. The topological polar surface area (TPSA) is 55.7 Å².